The summed E-state index contributed by atoms with van der Waals surface area (Å²) in [5.74, 6) is 0. The van der Waals surface area contributed by atoms with Gasteiger partial charge in [-0.1, -0.05) is 0 Å². The van der Waals surface area contributed by atoms with E-state index in [1.807, 2.05) is 0 Å². The van der Waals surface area contributed by atoms with Crippen molar-refractivity contribution in [2.24, 2.45) is 0 Å². The van der Waals surface area contributed by atoms with Crippen molar-refractivity contribution >= 4 is 7.82 Å². The first-order valence-electron chi connectivity index (χ1n) is 1.28. The molecule has 0 atom stereocenters. The van der Waals surface area contributed by atoms with Crippen LogP contribution in [0.4, 0.5) is 0 Å². The van der Waals surface area contributed by atoms with Crippen LogP contribution in [0.5, 0.6) is 0 Å². The van der Waals surface area contributed by atoms with Gasteiger partial charge in [-0.25, -0.2) is 4.57 Å². The minimum absolute atomic E-state index is 0. The van der Waals surface area contributed by atoms with E-state index >= 15 is 0 Å². The molecule has 8 nitrogen and oxygen atoms in total. The molecule has 0 aliphatic carbocycles. The average Bonchev–Trinajstić information content (AvgIpc) is 1.19. The Hall–Kier alpha value is 0.318. The molecule has 0 radical (unpaired) electrons. The van der Waals surface area contributed by atoms with E-state index in [1.165, 1.54) is 0 Å². The van der Waals surface area contributed by atoms with Crippen LogP contribution in [-0.2, 0) is 29.0 Å². The van der Waals surface area contributed by atoms with Gasteiger partial charge in [0.05, 0.1) is 0 Å². The molecule has 0 aliphatic rings. The maximum absolute atomic E-state index is 8.88. The molecule has 0 rings (SSSR count). The summed E-state index contributed by atoms with van der Waals surface area (Å²) in [4.78, 5) is 21.6. The number of hydrogen-bond donors (Lipinski definition) is 4. The van der Waals surface area contributed by atoms with Gasteiger partial charge >= 0.3 is 36.0 Å². The van der Waals surface area contributed by atoms with E-state index in [1.54, 1.807) is 0 Å². The molecule has 65 valence electrons. The fourth-order valence-electron chi connectivity index (χ4n) is 0. The van der Waals surface area contributed by atoms with Crippen LogP contribution < -0.4 is 9.91 Å². The van der Waals surface area contributed by atoms with Crippen molar-refractivity contribution in [1.29, 1.82) is 0 Å². The Morgan fingerprint density at radius 1 is 1.20 bits per heavy atom. The third kappa shape index (κ3) is 4400. The van der Waals surface area contributed by atoms with Crippen molar-refractivity contribution in [2.45, 2.75) is 0 Å². The molecule has 10 heteroatoms. The quantitative estimate of drug-likeness (QED) is 0.367. The summed E-state index contributed by atoms with van der Waals surface area (Å²) in [5, 5.41) is 0. The summed E-state index contributed by atoms with van der Waals surface area (Å²) in [7, 11) is -4.64. The molecular formula is H7NO7PW. The monoisotopic (exact) mass is 348 g/mol. The molecular weight excluding hydrogens is 341 g/mol. The Labute approximate surface area is 62.0 Å². The topological polar surface area (TPSA) is 171 Å². The van der Waals surface area contributed by atoms with Crippen LogP contribution in [0.1, 0.15) is 0 Å². The molecule has 0 bridgehead atoms. The molecule has 0 saturated carbocycles. The normalized spacial score (nSPS) is 8.40. The first-order chi connectivity index (χ1) is 3.73. The van der Waals surface area contributed by atoms with Crippen LogP contribution in [0.2, 0.25) is 0 Å². The SMILES string of the molecule is O=P(O)(O)O.[NH4+].[O]=[W](=[O])[O-]. The number of phosphoric acid groups is 1. The Morgan fingerprint density at radius 2 is 1.20 bits per heavy atom. The van der Waals surface area contributed by atoms with Crippen molar-refractivity contribution in [3.8, 4) is 0 Å². The zero-order chi connectivity index (χ0) is 8.08. The molecule has 0 unspecified atom stereocenters. The predicted octanol–water partition coefficient (Wildman–Crippen LogP) is -1.98. The Kier molecular flexibility index (Phi) is 12.4. The molecule has 0 amide bonds. The van der Waals surface area contributed by atoms with Crippen molar-refractivity contribution in [3.05, 3.63) is 0 Å². The van der Waals surface area contributed by atoms with E-state index in [-0.39, 0.29) is 6.15 Å². The van der Waals surface area contributed by atoms with Crippen molar-refractivity contribution in [2.75, 3.05) is 0 Å². The van der Waals surface area contributed by atoms with Gasteiger partial charge in [0.2, 0.25) is 0 Å². The summed E-state index contributed by atoms with van der Waals surface area (Å²) in [5.41, 5.74) is 0. The fourth-order valence-corrected chi connectivity index (χ4v) is 0. The second kappa shape index (κ2) is 7.43. The molecule has 0 saturated heterocycles. The Morgan fingerprint density at radius 3 is 1.20 bits per heavy atom. The van der Waals surface area contributed by atoms with Crippen LogP contribution in [0.25, 0.3) is 0 Å². The summed E-state index contributed by atoms with van der Waals surface area (Å²) in [6, 6.07) is 0. The maximum atomic E-state index is 8.88. The zero-order valence-electron chi connectivity index (χ0n) is 4.83. The summed E-state index contributed by atoms with van der Waals surface area (Å²) >= 11 is -4.28. The van der Waals surface area contributed by atoms with Gasteiger partial charge in [-0.3, -0.25) is 0 Å². The molecule has 0 aromatic carbocycles. The number of quaternary nitrogens is 1. The van der Waals surface area contributed by atoms with Crippen LogP contribution in [-0.4, -0.2) is 14.7 Å². The van der Waals surface area contributed by atoms with E-state index in [0.717, 1.165) is 0 Å². The molecule has 0 aromatic heterocycles. The van der Waals surface area contributed by atoms with Crippen molar-refractivity contribution < 1.29 is 47.4 Å². The second-order valence-electron chi connectivity index (χ2n) is 0.717. The molecule has 0 aromatic rings. The summed E-state index contributed by atoms with van der Waals surface area (Å²) in [6.45, 7) is 0. The third-order valence-electron chi connectivity index (χ3n) is 0. The van der Waals surface area contributed by atoms with E-state index in [9.17, 15) is 0 Å². The molecule has 7 N–H and O–H groups in total. The average molecular weight is 348 g/mol. The van der Waals surface area contributed by atoms with Gasteiger partial charge in [-0.15, -0.1) is 0 Å². The zero-order valence-corrected chi connectivity index (χ0v) is 8.66. The van der Waals surface area contributed by atoms with E-state index in [0.29, 0.717) is 0 Å². The second-order valence-corrected chi connectivity index (χ2v) is 3.21. The Balaban J connectivity index is -0.0000000910. The fraction of sp³-hybridized carbons (Fsp3) is 0. The van der Waals surface area contributed by atoms with E-state index < -0.39 is 25.4 Å². The molecule has 0 spiro atoms. The van der Waals surface area contributed by atoms with Gasteiger partial charge in [0.15, 0.2) is 0 Å². The first kappa shape index (κ1) is 16.7. The summed E-state index contributed by atoms with van der Waals surface area (Å²) in [6.07, 6.45) is 0. The Bertz CT molecular complexity index is 148. The first-order valence-corrected chi connectivity index (χ1v) is 6.44. The van der Waals surface area contributed by atoms with Crippen LogP contribution in [0, 0.1) is 0 Å². The van der Waals surface area contributed by atoms with Gasteiger partial charge in [-0.2, -0.15) is 0 Å². The number of rotatable bonds is 0. The standard InChI is InChI=1S/H3N.H3O4P.3O.W/c;1-5(2,3)4;;;;/h1H3;(H3,1,2,3,4);;;;/q;;;;-1;/p+1. The minimum atomic E-state index is -4.64. The van der Waals surface area contributed by atoms with E-state index in [2.05, 4.69) is 0 Å². The molecule has 0 aliphatic heterocycles. The van der Waals surface area contributed by atoms with Gasteiger partial charge in [-0.05, 0) is 0 Å². The molecule has 0 heterocycles. The van der Waals surface area contributed by atoms with Crippen LogP contribution in [0.3, 0.4) is 0 Å². The van der Waals surface area contributed by atoms with Crippen LogP contribution in [0.15, 0.2) is 0 Å². The third-order valence-corrected chi connectivity index (χ3v) is 0. The summed E-state index contributed by atoms with van der Waals surface area (Å²) < 4.78 is 34.7. The van der Waals surface area contributed by atoms with Crippen LogP contribution >= 0.6 is 7.82 Å². The number of hydrogen-bond acceptors (Lipinski definition) is 4. The predicted molar refractivity (Wildman–Crippen MR) is 21.6 cm³/mol. The van der Waals surface area contributed by atoms with Crippen molar-refractivity contribution in [3.63, 3.8) is 0 Å². The van der Waals surface area contributed by atoms with Gasteiger partial charge in [0.25, 0.3) is 0 Å². The van der Waals surface area contributed by atoms with E-state index in [4.69, 9.17) is 29.8 Å². The van der Waals surface area contributed by atoms with Crippen molar-refractivity contribution in [1.82, 2.24) is 6.15 Å². The molecule has 0 fully saturated rings. The van der Waals surface area contributed by atoms with Gasteiger partial charge in [0, 0.05) is 0 Å². The van der Waals surface area contributed by atoms with Gasteiger partial charge < -0.3 is 20.8 Å². The van der Waals surface area contributed by atoms with Gasteiger partial charge in [0.1, 0.15) is 0 Å². The molecule has 10 heavy (non-hydrogen) atoms.